The van der Waals surface area contributed by atoms with E-state index >= 15 is 0 Å². The Morgan fingerprint density at radius 2 is 2.04 bits per heavy atom. The molecule has 0 radical (unpaired) electrons. The van der Waals surface area contributed by atoms with Gasteiger partial charge >= 0.3 is 0 Å². The Kier molecular flexibility index (Phi) is 7.36. The molecular weight excluding hydrogens is 374 g/mol. The molecule has 3 atom stereocenters. The molecule has 1 saturated heterocycles. The molecule has 1 aliphatic carbocycles. The SMILES string of the molecule is CCC1SCC(C#N)N1[N+](N)([O-])C1(NS(C)(=O)=O)CCCCC1.Cl. The number of thioether (sulfide) groups is 1. The lowest BCUT2D eigenvalue weighted by Gasteiger charge is -2.57. The Morgan fingerprint density at radius 3 is 2.50 bits per heavy atom. The summed E-state index contributed by atoms with van der Waals surface area (Å²) >= 11 is 1.52. The molecule has 3 N–H and O–H groups in total. The van der Waals surface area contributed by atoms with Crippen LogP contribution in [0.15, 0.2) is 0 Å². The van der Waals surface area contributed by atoms with E-state index in [0.29, 0.717) is 25.0 Å². The number of nitrogens with zero attached hydrogens (tertiary/aromatic N) is 3. The molecular formula is C13H26ClN5O3S2. The zero-order chi connectivity index (χ0) is 17.3. The van der Waals surface area contributed by atoms with Crippen molar-refractivity contribution >= 4 is 34.2 Å². The number of nitriles is 1. The van der Waals surface area contributed by atoms with E-state index < -0.39 is 26.6 Å². The highest BCUT2D eigenvalue weighted by Gasteiger charge is 2.56. The Labute approximate surface area is 154 Å². The Bertz CT molecular complexity index is 575. The highest BCUT2D eigenvalue weighted by molar-refractivity contribution is 8.00. The van der Waals surface area contributed by atoms with Gasteiger partial charge < -0.3 is 5.21 Å². The largest absolute Gasteiger partial charge is 0.590 e. The average molecular weight is 400 g/mol. The van der Waals surface area contributed by atoms with Gasteiger partial charge in [0.25, 0.3) is 0 Å². The molecule has 0 spiro atoms. The summed E-state index contributed by atoms with van der Waals surface area (Å²) < 4.78 is 26.3. The first kappa shape index (κ1) is 21.9. The van der Waals surface area contributed by atoms with Crippen LogP contribution >= 0.6 is 24.2 Å². The molecule has 2 aliphatic rings. The van der Waals surface area contributed by atoms with Gasteiger partial charge in [0, 0.05) is 18.6 Å². The van der Waals surface area contributed by atoms with E-state index in [-0.39, 0.29) is 17.8 Å². The lowest BCUT2D eigenvalue weighted by atomic mass is 9.89. The van der Waals surface area contributed by atoms with Gasteiger partial charge in [0.15, 0.2) is 6.04 Å². The van der Waals surface area contributed by atoms with Crippen LogP contribution in [0, 0.1) is 16.5 Å². The van der Waals surface area contributed by atoms with Crippen molar-refractivity contribution in [3.05, 3.63) is 5.21 Å². The molecule has 24 heavy (non-hydrogen) atoms. The number of quaternary nitrogens is 1. The summed E-state index contributed by atoms with van der Waals surface area (Å²) in [6.45, 7) is 1.93. The lowest BCUT2D eigenvalue weighted by Crippen LogP contribution is -2.80. The number of nitrogens with one attached hydrogen (secondary N) is 1. The first-order chi connectivity index (χ1) is 10.7. The van der Waals surface area contributed by atoms with E-state index in [2.05, 4.69) is 10.8 Å². The van der Waals surface area contributed by atoms with Crippen molar-refractivity contribution in [2.24, 2.45) is 5.84 Å². The van der Waals surface area contributed by atoms with Crippen molar-refractivity contribution in [1.29, 1.82) is 5.26 Å². The number of sulfonamides is 1. The maximum Gasteiger partial charge on any atom is 0.213 e. The molecule has 0 aromatic rings. The van der Waals surface area contributed by atoms with Crippen molar-refractivity contribution in [3.8, 4) is 6.07 Å². The fourth-order valence-corrected chi connectivity index (χ4v) is 5.88. The van der Waals surface area contributed by atoms with Crippen LogP contribution in [-0.4, -0.2) is 47.4 Å². The lowest BCUT2D eigenvalue weighted by molar-refractivity contribution is -1.05. The summed E-state index contributed by atoms with van der Waals surface area (Å²) in [5.74, 6) is 6.69. The van der Waals surface area contributed by atoms with Crippen molar-refractivity contribution in [2.75, 3.05) is 12.0 Å². The van der Waals surface area contributed by atoms with E-state index in [4.69, 9.17) is 5.84 Å². The quantitative estimate of drug-likeness (QED) is 0.310. The van der Waals surface area contributed by atoms with Crippen LogP contribution in [0.5, 0.6) is 0 Å². The monoisotopic (exact) mass is 399 g/mol. The van der Waals surface area contributed by atoms with Crippen LogP contribution in [0.3, 0.4) is 0 Å². The minimum absolute atomic E-state index is 0. The number of halogens is 1. The fourth-order valence-electron chi connectivity index (χ4n) is 3.55. The van der Waals surface area contributed by atoms with E-state index in [1.807, 2.05) is 6.92 Å². The molecule has 1 heterocycles. The maximum atomic E-state index is 13.5. The van der Waals surface area contributed by atoms with Crippen molar-refractivity contribution < 1.29 is 13.3 Å². The van der Waals surface area contributed by atoms with E-state index in [1.54, 1.807) is 0 Å². The fraction of sp³-hybridized carbons (Fsp3) is 0.923. The van der Waals surface area contributed by atoms with Crippen molar-refractivity contribution in [1.82, 2.24) is 9.73 Å². The topological polar surface area (TPSA) is 122 Å². The van der Waals surface area contributed by atoms with Crippen LogP contribution < -0.4 is 10.6 Å². The zero-order valence-corrected chi connectivity index (χ0v) is 16.4. The molecule has 0 aromatic carbocycles. The number of hydrogen-bond donors (Lipinski definition) is 2. The minimum atomic E-state index is -3.61. The highest BCUT2D eigenvalue weighted by atomic mass is 35.5. The van der Waals surface area contributed by atoms with Crippen molar-refractivity contribution in [2.45, 2.75) is 62.5 Å². The highest BCUT2D eigenvalue weighted by Crippen LogP contribution is 2.42. The molecule has 1 saturated carbocycles. The van der Waals surface area contributed by atoms with Crippen molar-refractivity contribution in [3.63, 3.8) is 0 Å². The van der Waals surface area contributed by atoms with Crippen LogP contribution in [0.4, 0.5) is 0 Å². The van der Waals surface area contributed by atoms with E-state index in [0.717, 1.165) is 25.5 Å². The molecule has 3 unspecified atom stereocenters. The summed E-state index contributed by atoms with van der Waals surface area (Å²) in [6, 6.07) is 1.52. The predicted molar refractivity (Wildman–Crippen MR) is 96.6 cm³/mol. The summed E-state index contributed by atoms with van der Waals surface area (Å²) in [6.07, 6.45) is 4.86. The van der Waals surface area contributed by atoms with Crippen LogP contribution in [0.2, 0.25) is 0 Å². The third kappa shape index (κ3) is 4.16. The Balaban J connectivity index is 0.00000288. The zero-order valence-electron chi connectivity index (χ0n) is 14.0. The second-order valence-electron chi connectivity index (χ2n) is 6.31. The molecule has 2 fully saturated rings. The number of hydrogen-bond acceptors (Lipinski definition) is 7. The summed E-state index contributed by atoms with van der Waals surface area (Å²) in [4.78, 5) is -1.34. The molecule has 8 nitrogen and oxygen atoms in total. The third-order valence-electron chi connectivity index (χ3n) is 4.57. The van der Waals surface area contributed by atoms with Gasteiger partial charge in [-0.1, -0.05) is 13.3 Å². The second-order valence-corrected chi connectivity index (χ2v) is 9.27. The summed E-state index contributed by atoms with van der Waals surface area (Å²) in [5.41, 5.74) is -1.33. The van der Waals surface area contributed by atoms with Gasteiger partial charge in [0.1, 0.15) is 5.37 Å². The molecule has 0 aromatic heterocycles. The molecule has 11 heteroatoms. The molecule has 1 aliphatic heterocycles. The standard InChI is InChI=1S/C13H25N5O3S2.ClH/c1-3-12-17(11(9-14)10-22-12)18(15,19)13(16-23(2,20)21)7-5-4-6-8-13;/h11-12,16H,3-8,10,15H2,1-2H3;1H. The predicted octanol–water partition coefficient (Wildman–Crippen LogP) is 1.40. The van der Waals surface area contributed by atoms with Gasteiger partial charge in [0.05, 0.1) is 12.3 Å². The van der Waals surface area contributed by atoms with E-state index in [1.165, 1.54) is 16.8 Å². The molecule has 2 rings (SSSR count). The number of hydroxylamine groups is 1. The third-order valence-corrected chi connectivity index (χ3v) is 6.76. The Morgan fingerprint density at radius 1 is 1.46 bits per heavy atom. The van der Waals surface area contributed by atoms with E-state index in [9.17, 15) is 18.9 Å². The first-order valence-corrected chi connectivity index (χ1v) is 10.8. The minimum Gasteiger partial charge on any atom is -0.590 e. The van der Waals surface area contributed by atoms with Gasteiger partial charge in [-0.05, 0) is 19.3 Å². The van der Waals surface area contributed by atoms with Gasteiger partial charge in [-0.25, -0.2) is 8.42 Å². The average Bonchev–Trinajstić information content (AvgIpc) is 2.90. The van der Waals surface area contributed by atoms with Crippen LogP contribution in [-0.2, 0) is 10.0 Å². The van der Waals surface area contributed by atoms with Crippen LogP contribution in [0.25, 0.3) is 0 Å². The number of nitrogens with two attached hydrogens (primary N) is 1. The summed E-state index contributed by atoms with van der Waals surface area (Å²) in [7, 11) is -3.61. The second kappa shape index (κ2) is 8.05. The smallest absolute Gasteiger partial charge is 0.213 e. The number of rotatable bonds is 5. The van der Waals surface area contributed by atoms with Crippen LogP contribution in [0.1, 0.15) is 45.4 Å². The van der Waals surface area contributed by atoms with Gasteiger partial charge in [-0.2, -0.15) is 20.7 Å². The first-order valence-electron chi connectivity index (χ1n) is 7.84. The summed E-state index contributed by atoms with van der Waals surface area (Å²) in [5, 5.41) is 24.2. The van der Waals surface area contributed by atoms with Gasteiger partial charge in [-0.3, -0.25) is 0 Å². The Hall–Kier alpha value is -0.120. The van der Waals surface area contributed by atoms with Gasteiger partial charge in [0.2, 0.25) is 15.7 Å². The molecule has 0 bridgehead atoms. The normalized spacial score (nSPS) is 30.1. The molecule has 140 valence electrons. The maximum absolute atomic E-state index is 13.5. The molecule has 0 amide bonds. The van der Waals surface area contributed by atoms with Gasteiger partial charge in [-0.15, -0.1) is 29.2 Å².